The molecular formula is C12H13FN2. The number of nitrogens with zero attached hydrogens (tertiary/aromatic N) is 1. The third kappa shape index (κ3) is 1.52. The van der Waals surface area contributed by atoms with E-state index < -0.39 is 0 Å². The number of halogens is 1. The quantitative estimate of drug-likeness (QED) is 0.786. The molecular weight excluding hydrogens is 191 g/mol. The lowest BCUT2D eigenvalue weighted by Gasteiger charge is -2.16. The van der Waals surface area contributed by atoms with Crippen LogP contribution >= 0.6 is 0 Å². The van der Waals surface area contributed by atoms with E-state index in [2.05, 4.69) is 4.90 Å². The van der Waals surface area contributed by atoms with Gasteiger partial charge in [0, 0.05) is 18.7 Å². The minimum Gasteiger partial charge on any atom is -0.352 e. The van der Waals surface area contributed by atoms with Gasteiger partial charge >= 0.3 is 0 Å². The molecule has 1 saturated carbocycles. The Morgan fingerprint density at radius 3 is 2.93 bits per heavy atom. The summed E-state index contributed by atoms with van der Waals surface area (Å²) in [5.74, 6) is 1.02. The summed E-state index contributed by atoms with van der Waals surface area (Å²) in [5.41, 5.74) is 1.86. The van der Waals surface area contributed by atoms with Crippen LogP contribution in [0.3, 0.4) is 0 Å². The summed E-state index contributed by atoms with van der Waals surface area (Å²) in [5, 5.41) is 7.96. The summed E-state index contributed by atoms with van der Waals surface area (Å²) in [6.07, 6.45) is 2.57. The SMILES string of the molecule is N=C1c2cc(F)ccc2CN1CC1CC1. The van der Waals surface area contributed by atoms with E-state index >= 15 is 0 Å². The zero-order chi connectivity index (χ0) is 10.4. The molecule has 1 aliphatic carbocycles. The molecule has 3 heteroatoms. The number of hydrogen-bond acceptors (Lipinski definition) is 1. The van der Waals surface area contributed by atoms with Crippen molar-refractivity contribution in [2.45, 2.75) is 19.4 Å². The number of benzene rings is 1. The summed E-state index contributed by atoms with van der Waals surface area (Å²) in [7, 11) is 0. The van der Waals surface area contributed by atoms with E-state index in [4.69, 9.17) is 5.41 Å². The highest BCUT2D eigenvalue weighted by molar-refractivity contribution is 6.00. The topological polar surface area (TPSA) is 27.1 Å². The molecule has 0 atom stereocenters. The van der Waals surface area contributed by atoms with Gasteiger partial charge in [0.2, 0.25) is 0 Å². The van der Waals surface area contributed by atoms with E-state index in [1.807, 2.05) is 0 Å². The number of rotatable bonds is 2. The molecule has 2 aliphatic rings. The molecule has 1 heterocycles. The van der Waals surface area contributed by atoms with E-state index in [-0.39, 0.29) is 5.82 Å². The molecule has 1 N–H and O–H groups in total. The fraction of sp³-hybridized carbons (Fsp3) is 0.417. The molecule has 0 spiro atoms. The van der Waals surface area contributed by atoms with Gasteiger partial charge in [-0.1, -0.05) is 6.07 Å². The van der Waals surface area contributed by atoms with Gasteiger partial charge < -0.3 is 4.90 Å². The van der Waals surface area contributed by atoms with E-state index in [1.54, 1.807) is 6.07 Å². The van der Waals surface area contributed by atoms with Gasteiger partial charge in [-0.2, -0.15) is 0 Å². The van der Waals surface area contributed by atoms with Gasteiger partial charge in [0.05, 0.1) is 0 Å². The maximum absolute atomic E-state index is 13.0. The third-order valence-corrected chi connectivity index (χ3v) is 3.18. The number of amidine groups is 1. The van der Waals surface area contributed by atoms with Crippen molar-refractivity contribution in [3.05, 3.63) is 35.1 Å². The number of hydrogen-bond donors (Lipinski definition) is 1. The second kappa shape index (κ2) is 3.05. The van der Waals surface area contributed by atoms with Crippen LogP contribution in [0.2, 0.25) is 0 Å². The van der Waals surface area contributed by atoms with Gasteiger partial charge in [-0.3, -0.25) is 5.41 Å². The van der Waals surface area contributed by atoms with Gasteiger partial charge in [0.15, 0.2) is 0 Å². The Bertz CT molecular complexity index is 424. The lowest BCUT2D eigenvalue weighted by molar-refractivity contribution is 0.407. The molecule has 0 unspecified atom stereocenters. The van der Waals surface area contributed by atoms with E-state index in [0.29, 0.717) is 5.84 Å². The first-order chi connectivity index (χ1) is 7.24. The van der Waals surface area contributed by atoms with Gasteiger partial charge in [0.25, 0.3) is 0 Å². The maximum atomic E-state index is 13.0. The summed E-state index contributed by atoms with van der Waals surface area (Å²) >= 11 is 0. The zero-order valence-corrected chi connectivity index (χ0v) is 8.46. The minimum atomic E-state index is -0.244. The van der Waals surface area contributed by atoms with Crippen LogP contribution in [0.4, 0.5) is 4.39 Å². The highest BCUT2D eigenvalue weighted by Crippen LogP contribution is 2.33. The lowest BCUT2D eigenvalue weighted by Crippen LogP contribution is -2.26. The Morgan fingerprint density at radius 2 is 2.20 bits per heavy atom. The van der Waals surface area contributed by atoms with E-state index in [0.717, 1.165) is 30.1 Å². The van der Waals surface area contributed by atoms with Crippen LogP contribution in [0.5, 0.6) is 0 Å². The molecule has 0 saturated heterocycles. The molecule has 0 bridgehead atoms. The predicted octanol–water partition coefficient (Wildman–Crippen LogP) is 2.38. The fourth-order valence-corrected chi connectivity index (χ4v) is 2.13. The molecule has 1 aromatic carbocycles. The van der Waals surface area contributed by atoms with Gasteiger partial charge in [-0.05, 0) is 36.5 Å². The molecule has 1 fully saturated rings. The minimum absolute atomic E-state index is 0.244. The van der Waals surface area contributed by atoms with Crippen molar-refractivity contribution >= 4 is 5.84 Å². The van der Waals surface area contributed by atoms with Crippen LogP contribution in [0.15, 0.2) is 18.2 Å². The molecule has 0 aromatic heterocycles. The van der Waals surface area contributed by atoms with Crippen molar-refractivity contribution in [3.63, 3.8) is 0 Å². The first-order valence-corrected chi connectivity index (χ1v) is 5.36. The van der Waals surface area contributed by atoms with Crippen molar-refractivity contribution < 1.29 is 4.39 Å². The Kier molecular flexibility index (Phi) is 1.81. The molecule has 3 rings (SSSR count). The Morgan fingerprint density at radius 1 is 1.40 bits per heavy atom. The van der Waals surface area contributed by atoms with Gasteiger partial charge in [0.1, 0.15) is 11.7 Å². The second-order valence-corrected chi connectivity index (χ2v) is 4.47. The van der Waals surface area contributed by atoms with E-state index in [9.17, 15) is 4.39 Å². The first-order valence-electron chi connectivity index (χ1n) is 5.36. The van der Waals surface area contributed by atoms with E-state index in [1.165, 1.54) is 25.0 Å². The number of fused-ring (bicyclic) bond motifs is 1. The lowest BCUT2D eigenvalue weighted by atomic mass is 10.1. The van der Waals surface area contributed by atoms with Crippen LogP contribution in [-0.2, 0) is 6.54 Å². The van der Waals surface area contributed by atoms with Crippen molar-refractivity contribution in [1.82, 2.24) is 4.90 Å². The molecule has 2 nitrogen and oxygen atoms in total. The van der Waals surface area contributed by atoms with Gasteiger partial charge in [-0.15, -0.1) is 0 Å². The predicted molar refractivity (Wildman–Crippen MR) is 56.4 cm³/mol. The van der Waals surface area contributed by atoms with Crippen LogP contribution in [0, 0.1) is 17.1 Å². The summed E-state index contributed by atoms with van der Waals surface area (Å²) in [6, 6.07) is 4.75. The molecule has 78 valence electrons. The third-order valence-electron chi connectivity index (χ3n) is 3.18. The summed E-state index contributed by atoms with van der Waals surface area (Å²) in [6.45, 7) is 1.75. The second-order valence-electron chi connectivity index (χ2n) is 4.47. The average molecular weight is 204 g/mol. The van der Waals surface area contributed by atoms with Gasteiger partial charge in [-0.25, -0.2) is 4.39 Å². The van der Waals surface area contributed by atoms with Crippen LogP contribution < -0.4 is 0 Å². The summed E-state index contributed by atoms with van der Waals surface area (Å²) in [4.78, 5) is 2.06. The standard InChI is InChI=1S/C12H13FN2/c13-10-4-3-9-7-15(6-8-1-2-8)12(14)11(9)5-10/h3-5,8,14H,1-2,6-7H2. The van der Waals surface area contributed by atoms with Crippen molar-refractivity contribution in [2.75, 3.05) is 6.54 Å². The van der Waals surface area contributed by atoms with Crippen molar-refractivity contribution in [3.8, 4) is 0 Å². The monoisotopic (exact) mass is 204 g/mol. The average Bonchev–Trinajstić information content (AvgIpc) is 2.97. The fourth-order valence-electron chi connectivity index (χ4n) is 2.13. The van der Waals surface area contributed by atoms with Crippen molar-refractivity contribution in [2.24, 2.45) is 5.92 Å². The maximum Gasteiger partial charge on any atom is 0.128 e. The Labute approximate surface area is 88.2 Å². The zero-order valence-electron chi connectivity index (χ0n) is 8.46. The van der Waals surface area contributed by atoms with Crippen LogP contribution in [0.1, 0.15) is 24.0 Å². The normalized spacial score (nSPS) is 19.5. The highest BCUT2D eigenvalue weighted by Gasteiger charge is 2.30. The Balaban J connectivity index is 1.87. The molecule has 0 amide bonds. The van der Waals surface area contributed by atoms with Crippen molar-refractivity contribution in [1.29, 1.82) is 5.41 Å². The highest BCUT2D eigenvalue weighted by atomic mass is 19.1. The first kappa shape index (κ1) is 8.89. The van der Waals surface area contributed by atoms with Crippen LogP contribution in [-0.4, -0.2) is 17.3 Å². The molecule has 1 aromatic rings. The summed E-state index contributed by atoms with van der Waals surface area (Å²) < 4.78 is 13.0. The molecule has 15 heavy (non-hydrogen) atoms. The molecule has 1 aliphatic heterocycles. The number of nitrogens with one attached hydrogen (secondary N) is 1. The Hall–Kier alpha value is -1.38. The molecule has 0 radical (unpaired) electrons. The van der Waals surface area contributed by atoms with Crippen LogP contribution in [0.25, 0.3) is 0 Å². The smallest absolute Gasteiger partial charge is 0.128 e. The largest absolute Gasteiger partial charge is 0.352 e.